The van der Waals surface area contributed by atoms with Crippen molar-refractivity contribution in [2.45, 2.75) is 31.7 Å². The third kappa shape index (κ3) is 4.75. The van der Waals surface area contributed by atoms with Gasteiger partial charge >= 0.3 is 0 Å². The Hall–Kier alpha value is -2.08. The lowest BCUT2D eigenvalue weighted by Crippen LogP contribution is -2.28. The van der Waals surface area contributed by atoms with Crippen molar-refractivity contribution in [2.75, 3.05) is 11.9 Å². The van der Waals surface area contributed by atoms with Gasteiger partial charge in [0.25, 0.3) is 5.91 Å². The van der Waals surface area contributed by atoms with Gasteiger partial charge in [0.15, 0.2) is 6.61 Å². The Kier molecular flexibility index (Phi) is 5.16. The molecule has 2 rings (SSSR count). The summed E-state index contributed by atoms with van der Waals surface area (Å²) < 4.78 is 5.19. The zero-order valence-corrected chi connectivity index (χ0v) is 11.9. The molecule has 21 heavy (non-hydrogen) atoms. The molecule has 1 aliphatic carbocycles. The lowest BCUT2D eigenvalue weighted by atomic mass is 10.00. The third-order valence-corrected chi connectivity index (χ3v) is 3.66. The Labute approximate surface area is 123 Å². The molecular formula is C15H21N3O3. The van der Waals surface area contributed by atoms with Crippen LogP contribution in [0.2, 0.25) is 0 Å². The summed E-state index contributed by atoms with van der Waals surface area (Å²) >= 11 is 0. The molecule has 6 nitrogen and oxygen atoms in total. The largest absolute Gasteiger partial charge is 0.484 e. The van der Waals surface area contributed by atoms with Crippen molar-refractivity contribution in [1.82, 2.24) is 0 Å². The van der Waals surface area contributed by atoms with Crippen molar-refractivity contribution in [1.29, 1.82) is 0 Å². The number of nitrogens with two attached hydrogens (primary N) is 2. The number of hydrogen-bond acceptors (Lipinski definition) is 4. The van der Waals surface area contributed by atoms with Crippen LogP contribution in [0.5, 0.6) is 5.75 Å². The maximum absolute atomic E-state index is 12.0. The fraction of sp³-hybridized carbons (Fsp3) is 0.467. The van der Waals surface area contributed by atoms with E-state index in [9.17, 15) is 9.59 Å². The van der Waals surface area contributed by atoms with Crippen LogP contribution >= 0.6 is 0 Å². The number of rotatable bonds is 6. The van der Waals surface area contributed by atoms with Gasteiger partial charge in [-0.3, -0.25) is 9.59 Å². The minimum atomic E-state index is -0.542. The van der Waals surface area contributed by atoms with E-state index in [0.717, 1.165) is 19.3 Å². The van der Waals surface area contributed by atoms with E-state index in [4.69, 9.17) is 16.2 Å². The average molecular weight is 291 g/mol. The molecule has 1 aromatic carbocycles. The number of ether oxygens (including phenoxy) is 1. The van der Waals surface area contributed by atoms with Crippen LogP contribution in [0.1, 0.15) is 25.7 Å². The van der Waals surface area contributed by atoms with Gasteiger partial charge in [-0.2, -0.15) is 0 Å². The van der Waals surface area contributed by atoms with Gasteiger partial charge in [0.2, 0.25) is 5.91 Å². The second-order valence-corrected chi connectivity index (χ2v) is 5.39. The van der Waals surface area contributed by atoms with Gasteiger partial charge in [-0.25, -0.2) is 0 Å². The normalized spacial score (nSPS) is 21.0. The Morgan fingerprint density at radius 1 is 1.33 bits per heavy atom. The summed E-state index contributed by atoms with van der Waals surface area (Å²) in [6.07, 6.45) is 3.54. The molecule has 6 heteroatoms. The van der Waals surface area contributed by atoms with Crippen molar-refractivity contribution in [3.05, 3.63) is 24.3 Å². The molecule has 114 valence electrons. The zero-order valence-electron chi connectivity index (χ0n) is 11.9. The van der Waals surface area contributed by atoms with E-state index in [1.807, 2.05) is 0 Å². The average Bonchev–Trinajstić information content (AvgIpc) is 2.82. The molecular weight excluding hydrogens is 270 g/mol. The summed E-state index contributed by atoms with van der Waals surface area (Å²) in [6.45, 7) is -0.186. The topological polar surface area (TPSA) is 107 Å². The standard InChI is InChI=1S/C15H21N3O3/c16-13-6-1-3-10(13)7-15(20)18-11-4-2-5-12(8-11)21-9-14(17)19/h2,4-5,8,10,13H,1,3,6-7,9,16H2,(H2,17,19)(H,18,20)/t10-,13+/m0/s1. The Morgan fingerprint density at radius 2 is 2.14 bits per heavy atom. The molecule has 2 atom stereocenters. The van der Waals surface area contributed by atoms with E-state index in [1.54, 1.807) is 24.3 Å². The molecule has 0 radical (unpaired) electrons. The molecule has 0 aromatic heterocycles. The van der Waals surface area contributed by atoms with Crippen LogP contribution in [0.25, 0.3) is 0 Å². The number of nitrogens with one attached hydrogen (secondary N) is 1. The molecule has 1 aromatic rings. The number of amides is 2. The minimum Gasteiger partial charge on any atom is -0.484 e. The first-order valence-electron chi connectivity index (χ1n) is 7.11. The van der Waals surface area contributed by atoms with Gasteiger partial charge in [-0.15, -0.1) is 0 Å². The highest BCUT2D eigenvalue weighted by atomic mass is 16.5. The maximum Gasteiger partial charge on any atom is 0.255 e. The first kappa shape index (κ1) is 15.3. The molecule has 0 aliphatic heterocycles. The first-order chi connectivity index (χ1) is 10.0. The summed E-state index contributed by atoms with van der Waals surface area (Å²) in [4.78, 5) is 22.7. The van der Waals surface area contributed by atoms with Crippen LogP contribution in [0.15, 0.2) is 24.3 Å². The molecule has 0 unspecified atom stereocenters. The highest BCUT2D eigenvalue weighted by Gasteiger charge is 2.25. The van der Waals surface area contributed by atoms with E-state index in [2.05, 4.69) is 5.32 Å². The van der Waals surface area contributed by atoms with Gasteiger partial charge in [-0.05, 0) is 30.9 Å². The van der Waals surface area contributed by atoms with E-state index in [-0.39, 0.29) is 24.5 Å². The van der Waals surface area contributed by atoms with E-state index in [1.165, 1.54) is 0 Å². The second kappa shape index (κ2) is 7.08. The molecule has 1 aliphatic rings. The van der Waals surface area contributed by atoms with Gasteiger partial charge in [0, 0.05) is 24.2 Å². The minimum absolute atomic E-state index is 0.0515. The van der Waals surface area contributed by atoms with E-state index >= 15 is 0 Å². The predicted molar refractivity (Wildman–Crippen MR) is 79.7 cm³/mol. The van der Waals surface area contributed by atoms with Crippen molar-refractivity contribution in [3.8, 4) is 5.75 Å². The molecule has 0 spiro atoms. The van der Waals surface area contributed by atoms with Gasteiger partial charge in [0.1, 0.15) is 5.75 Å². The smallest absolute Gasteiger partial charge is 0.255 e. The van der Waals surface area contributed by atoms with Gasteiger partial charge in [0.05, 0.1) is 0 Å². The molecule has 0 bridgehead atoms. The number of carbonyl (C=O) groups excluding carboxylic acids is 2. The van der Waals surface area contributed by atoms with Crippen LogP contribution in [-0.4, -0.2) is 24.5 Å². The lowest BCUT2D eigenvalue weighted by Gasteiger charge is -2.15. The lowest BCUT2D eigenvalue weighted by molar-refractivity contribution is -0.120. The van der Waals surface area contributed by atoms with Crippen molar-refractivity contribution < 1.29 is 14.3 Å². The van der Waals surface area contributed by atoms with Crippen LogP contribution in [-0.2, 0) is 9.59 Å². The van der Waals surface area contributed by atoms with Crippen LogP contribution in [0.4, 0.5) is 5.69 Å². The highest BCUT2D eigenvalue weighted by Crippen LogP contribution is 2.27. The fourth-order valence-corrected chi connectivity index (χ4v) is 2.59. The monoisotopic (exact) mass is 291 g/mol. The summed E-state index contributed by atoms with van der Waals surface area (Å²) in [5, 5.41) is 2.83. The van der Waals surface area contributed by atoms with E-state index < -0.39 is 5.91 Å². The second-order valence-electron chi connectivity index (χ2n) is 5.39. The SMILES string of the molecule is NC(=O)COc1cccc(NC(=O)C[C@@H]2CCC[C@H]2N)c1. The third-order valence-electron chi connectivity index (χ3n) is 3.66. The molecule has 1 fully saturated rings. The summed E-state index contributed by atoms with van der Waals surface area (Å²) in [6, 6.07) is 7.00. The fourth-order valence-electron chi connectivity index (χ4n) is 2.59. The molecule has 5 N–H and O–H groups in total. The van der Waals surface area contributed by atoms with Gasteiger partial charge < -0.3 is 21.5 Å². The zero-order chi connectivity index (χ0) is 15.2. The van der Waals surface area contributed by atoms with Crippen molar-refractivity contribution >= 4 is 17.5 Å². The first-order valence-corrected chi connectivity index (χ1v) is 7.11. The summed E-state index contributed by atoms with van der Waals surface area (Å²) in [5.74, 6) is 0.160. The Morgan fingerprint density at radius 3 is 2.81 bits per heavy atom. The molecule has 0 heterocycles. The Balaban J connectivity index is 1.88. The number of anilines is 1. The van der Waals surface area contributed by atoms with Crippen molar-refractivity contribution in [3.63, 3.8) is 0 Å². The highest BCUT2D eigenvalue weighted by molar-refractivity contribution is 5.91. The number of benzene rings is 1. The summed E-state index contributed by atoms with van der Waals surface area (Å²) in [5.41, 5.74) is 11.6. The number of primary amides is 1. The summed E-state index contributed by atoms with van der Waals surface area (Å²) in [7, 11) is 0. The van der Waals surface area contributed by atoms with E-state index in [0.29, 0.717) is 17.9 Å². The number of carbonyl (C=O) groups is 2. The molecule has 0 saturated heterocycles. The van der Waals surface area contributed by atoms with Crippen LogP contribution in [0, 0.1) is 5.92 Å². The predicted octanol–water partition coefficient (Wildman–Crippen LogP) is 1.01. The molecule has 2 amide bonds. The van der Waals surface area contributed by atoms with Crippen LogP contribution in [0.3, 0.4) is 0 Å². The quantitative estimate of drug-likeness (QED) is 0.726. The Bertz CT molecular complexity index is 519. The van der Waals surface area contributed by atoms with Crippen LogP contribution < -0.4 is 21.5 Å². The number of hydrogen-bond donors (Lipinski definition) is 3. The van der Waals surface area contributed by atoms with Crippen molar-refractivity contribution in [2.24, 2.45) is 17.4 Å². The van der Waals surface area contributed by atoms with Gasteiger partial charge in [-0.1, -0.05) is 12.5 Å². The molecule has 1 saturated carbocycles. The maximum atomic E-state index is 12.0.